The molecule has 1 aromatic carbocycles. The summed E-state index contributed by atoms with van der Waals surface area (Å²) in [6.45, 7) is -0.992. The minimum absolute atomic E-state index is 0.0114. The van der Waals surface area contributed by atoms with E-state index in [1.54, 1.807) is 0 Å². The van der Waals surface area contributed by atoms with Gasteiger partial charge < -0.3 is 13.9 Å². The molecule has 220 valence electrons. The highest BCUT2D eigenvalue weighted by molar-refractivity contribution is 9.10. The minimum Gasteiger partial charge on any atom is -0.487 e. The van der Waals surface area contributed by atoms with E-state index < -0.39 is 48.7 Å². The fourth-order valence-electron chi connectivity index (χ4n) is 4.04. The number of carbonyl (C=O) groups excluding carboxylic acids is 1. The number of thiophene rings is 1. The molecule has 0 bridgehead atoms. The van der Waals surface area contributed by atoms with Crippen LogP contribution in [0.4, 0.5) is 26.3 Å². The average molecular weight is 675 g/mol. The smallest absolute Gasteiger partial charge is 0.408 e. The van der Waals surface area contributed by atoms with E-state index in [0.717, 1.165) is 42.9 Å². The predicted octanol–water partition coefficient (Wildman–Crippen LogP) is 7.32. The van der Waals surface area contributed by atoms with E-state index in [-0.39, 0.29) is 37.8 Å². The lowest BCUT2D eigenvalue weighted by Crippen LogP contribution is -2.42. The van der Waals surface area contributed by atoms with Crippen LogP contribution in [-0.4, -0.2) is 37.8 Å². The molecule has 0 fully saturated rings. The number of hydrogen-bond donors (Lipinski definition) is 0. The lowest BCUT2D eigenvalue weighted by molar-refractivity contribution is -0.148. The molecule has 0 saturated carbocycles. The SMILES string of the molecule is CC(=O)C(Oc1ncnc2sc(-c3ccc(F)o3)c(Br)c12)C(F)(F)c1ccccc1OCc1ccnn1CC(F)(F)F. The summed E-state index contributed by atoms with van der Waals surface area (Å²) < 4.78 is 101. The third-order valence-electron chi connectivity index (χ3n) is 5.88. The summed E-state index contributed by atoms with van der Waals surface area (Å²) in [5.74, 6) is -5.64. The first-order valence-corrected chi connectivity index (χ1v) is 13.5. The number of fused-ring (bicyclic) bond motifs is 1. The molecule has 16 heteroatoms. The van der Waals surface area contributed by atoms with Crippen molar-refractivity contribution in [3.05, 3.63) is 76.7 Å². The van der Waals surface area contributed by atoms with Crippen molar-refractivity contribution >= 4 is 43.3 Å². The van der Waals surface area contributed by atoms with Crippen LogP contribution in [0.3, 0.4) is 0 Å². The number of furan rings is 1. The van der Waals surface area contributed by atoms with Gasteiger partial charge in [-0.1, -0.05) is 12.1 Å². The highest BCUT2D eigenvalue weighted by Gasteiger charge is 2.49. The standard InChI is InChI=1S/C26H17BrF6N4O4S/c1-13(38)22(41-23-19-20(27)21(17-6-7-18(28)40-17)42-24(19)35-12-34-23)26(32,33)15-4-2-3-5-16(15)39-10-14-8-9-36-37(14)11-25(29,30)31/h2-9,12,22H,10-11H2,1H3. The van der Waals surface area contributed by atoms with E-state index in [1.165, 1.54) is 30.3 Å². The first kappa shape index (κ1) is 29.6. The Morgan fingerprint density at radius 1 is 1.12 bits per heavy atom. The number of ketones is 1. The molecule has 8 nitrogen and oxygen atoms in total. The summed E-state index contributed by atoms with van der Waals surface area (Å²) in [7, 11) is 0. The molecule has 0 spiro atoms. The molecule has 1 atom stereocenters. The highest BCUT2D eigenvalue weighted by Crippen LogP contribution is 2.46. The molecule has 5 rings (SSSR count). The quantitative estimate of drug-likeness (QED) is 0.143. The van der Waals surface area contributed by atoms with Crippen LogP contribution in [0.15, 0.2) is 63.9 Å². The fraction of sp³-hybridized carbons (Fsp3) is 0.231. The monoisotopic (exact) mass is 674 g/mol. The van der Waals surface area contributed by atoms with Crippen molar-refractivity contribution in [2.45, 2.75) is 38.3 Å². The second-order valence-electron chi connectivity index (χ2n) is 8.82. The Bertz CT molecular complexity index is 1750. The van der Waals surface area contributed by atoms with Gasteiger partial charge >= 0.3 is 12.1 Å². The van der Waals surface area contributed by atoms with Crippen molar-refractivity contribution in [1.82, 2.24) is 19.7 Å². The van der Waals surface area contributed by atoms with Gasteiger partial charge in [-0.05, 0) is 47.1 Å². The highest BCUT2D eigenvalue weighted by atomic mass is 79.9. The van der Waals surface area contributed by atoms with Crippen molar-refractivity contribution in [2.24, 2.45) is 0 Å². The van der Waals surface area contributed by atoms with Crippen LogP contribution in [0.25, 0.3) is 20.9 Å². The third kappa shape index (κ3) is 5.99. The van der Waals surface area contributed by atoms with E-state index in [1.807, 2.05) is 0 Å². The molecule has 5 aromatic rings. The number of benzene rings is 1. The Hall–Kier alpha value is -3.92. The molecule has 0 radical (unpaired) electrons. The number of alkyl halides is 5. The van der Waals surface area contributed by atoms with E-state index in [2.05, 4.69) is 31.0 Å². The Kier molecular flexibility index (Phi) is 8.02. The molecule has 4 heterocycles. The molecule has 4 aromatic heterocycles. The van der Waals surface area contributed by atoms with Gasteiger partial charge in [-0.2, -0.15) is 31.4 Å². The molecule has 0 N–H and O–H groups in total. The van der Waals surface area contributed by atoms with Crippen molar-refractivity contribution in [1.29, 1.82) is 0 Å². The largest absolute Gasteiger partial charge is 0.487 e. The van der Waals surface area contributed by atoms with Gasteiger partial charge in [-0.25, -0.2) is 9.97 Å². The number of carbonyl (C=O) groups is 1. The number of halogens is 7. The number of Topliss-reactive ketones (excluding diaryl/α,β-unsaturated/α-hetero) is 1. The van der Waals surface area contributed by atoms with E-state index in [4.69, 9.17) is 13.9 Å². The van der Waals surface area contributed by atoms with Crippen molar-refractivity contribution < 1.29 is 45.0 Å². The molecule has 42 heavy (non-hydrogen) atoms. The summed E-state index contributed by atoms with van der Waals surface area (Å²) in [6.07, 6.45) is -4.77. The van der Waals surface area contributed by atoms with Crippen LogP contribution < -0.4 is 9.47 Å². The number of rotatable bonds is 10. The zero-order valence-electron chi connectivity index (χ0n) is 21.2. The van der Waals surface area contributed by atoms with Gasteiger partial charge in [0.05, 0.1) is 26.0 Å². The zero-order valence-corrected chi connectivity index (χ0v) is 23.6. The van der Waals surface area contributed by atoms with Gasteiger partial charge in [0, 0.05) is 12.3 Å². The average Bonchev–Trinajstić information content (AvgIpc) is 3.64. The molecule has 1 unspecified atom stereocenters. The lowest BCUT2D eigenvalue weighted by Gasteiger charge is -2.27. The van der Waals surface area contributed by atoms with Crippen LogP contribution in [0.5, 0.6) is 11.6 Å². The Labute approximate surface area is 245 Å². The summed E-state index contributed by atoms with van der Waals surface area (Å²) in [6, 6.07) is 7.79. The van der Waals surface area contributed by atoms with Crippen LogP contribution in [0.2, 0.25) is 0 Å². The summed E-state index contributed by atoms with van der Waals surface area (Å²) >= 11 is 4.39. The first-order chi connectivity index (χ1) is 19.8. The van der Waals surface area contributed by atoms with Gasteiger partial charge in [0.2, 0.25) is 12.0 Å². The molecule has 0 saturated heterocycles. The molecule has 0 aliphatic rings. The Morgan fingerprint density at radius 3 is 2.57 bits per heavy atom. The number of nitrogens with zero attached hydrogens (tertiary/aromatic N) is 4. The van der Waals surface area contributed by atoms with Gasteiger partial charge in [-0.3, -0.25) is 9.48 Å². The number of aromatic nitrogens is 4. The molecule has 0 amide bonds. The molecular weight excluding hydrogens is 658 g/mol. The molecule has 0 aliphatic carbocycles. The maximum absolute atomic E-state index is 16.1. The molecule has 0 aliphatic heterocycles. The maximum Gasteiger partial charge on any atom is 0.408 e. The second kappa shape index (κ2) is 11.4. The third-order valence-corrected chi connectivity index (χ3v) is 8.04. The first-order valence-electron chi connectivity index (χ1n) is 11.9. The Morgan fingerprint density at radius 2 is 1.88 bits per heavy atom. The van der Waals surface area contributed by atoms with Gasteiger partial charge in [-0.15, -0.1) is 11.3 Å². The predicted molar refractivity (Wildman–Crippen MR) is 141 cm³/mol. The van der Waals surface area contributed by atoms with Gasteiger partial charge in [0.15, 0.2) is 5.78 Å². The van der Waals surface area contributed by atoms with Crippen LogP contribution in [-0.2, 0) is 23.9 Å². The normalized spacial score (nSPS) is 13.0. The van der Waals surface area contributed by atoms with Crippen molar-refractivity contribution in [3.8, 4) is 22.3 Å². The molecular formula is C26H17BrF6N4O4S. The van der Waals surface area contributed by atoms with E-state index in [9.17, 15) is 22.4 Å². The number of ether oxygens (including phenoxy) is 2. The number of hydrogen-bond acceptors (Lipinski definition) is 8. The topological polar surface area (TPSA) is 92.3 Å². The summed E-state index contributed by atoms with van der Waals surface area (Å²) in [4.78, 5) is 21.3. The fourth-order valence-corrected chi connectivity index (χ4v) is 5.95. The van der Waals surface area contributed by atoms with Crippen molar-refractivity contribution in [3.63, 3.8) is 0 Å². The van der Waals surface area contributed by atoms with Gasteiger partial charge in [0.25, 0.3) is 6.01 Å². The van der Waals surface area contributed by atoms with Gasteiger partial charge in [0.1, 0.15) is 35.8 Å². The van der Waals surface area contributed by atoms with E-state index >= 15 is 8.78 Å². The van der Waals surface area contributed by atoms with Crippen LogP contribution >= 0.6 is 27.3 Å². The zero-order chi connectivity index (χ0) is 30.2. The summed E-state index contributed by atoms with van der Waals surface area (Å²) in [5.41, 5.74) is -0.753. The minimum atomic E-state index is -4.56. The summed E-state index contributed by atoms with van der Waals surface area (Å²) in [5, 5.41) is 3.75. The van der Waals surface area contributed by atoms with Crippen molar-refractivity contribution in [2.75, 3.05) is 0 Å². The lowest BCUT2D eigenvalue weighted by atomic mass is 9.99. The number of para-hydroxylation sites is 1. The van der Waals surface area contributed by atoms with Crippen LogP contribution in [0, 0.1) is 6.01 Å². The maximum atomic E-state index is 16.1. The Balaban J connectivity index is 1.46. The van der Waals surface area contributed by atoms with E-state index in [0.29, 0.717) is 9.56 Å². The second-order valence-corrected chi connectivity index (χ2v) is 10.6. The van der Waals surface area contributed by atoms with Crippen LogP contribution in [0.1, 0.15) is 18.2 Å².